The number of hydrogen-bond acceptors (Lipinski definition) is 4. The molecule has 0 saturated heterocycles. The van der Waals surface area contributed by atoms with E-state index in [9.17, 15) is 9.59 Å². The van der Waals surface area contributed by atoms with Gasteiger partial charge in [-0.15, -0.1) is 0 Å². The molecule has 1 heterocycles. The first-order valence-corrected chi connectivity index (χ1v) is 9.42. The summed E-state index contributed by atoms with van der Waals surface area (Å²) in [5.74, 6) is -0.201. The summed E-state index contributed by atoms with van der Waals surface area (Å²) in [6, 6.07) is 16.6. The van der Waals surface area contributed by atoms with Gasteiger partial charge in [0.25, 0.3) is 5.91 Å². The van der Waals surface area contributed by atoms with Crippen molar-refractivity contribution in [1.82, 2.24) is 15.1 Å². The van der Waals surface area contributed by atoms with Crippen molar-refractivity contribution in [3.63, 3.8) is 0 Å². The summed E-state index contributed by atoms with van der Waals surface area (Å²) < 4.78 is 7.24. The lowest BCUT2D eigenvalue weighted by atomic mass is 10.2. The first kappa shape index (κ1) is 20.1. The maximum atomic E-state index is 12.4. The average Bonchev–Trinajstić information content (AvgIpc) is 3.01. The maximum Gasteiger partial charge on any atom is 0.255 e. The van der Waals surface area contributed by atoms with E-state index in [0.717, 1.165) is 11.4 Å². The zero-order valence-electron chi connectivity index (χ0n) is 16.7. The Morgan fingerprint density at radius 1 is 1.03 bits per heavy atom. The van der Waals surface area contributed by atoms with Gasteiger partial charge in [0.2, 0.25) is 5.91 Å². The molecule has 2 aromatic carbocycles. The Morgan fingerprint density at radius 2 is 1.72 bits per heavy atom. The lowest BCUT2D eigenvalue weighted by Gasteiger charge is -2.11. The molecule has 1 aromatic heterocycles. The summed E-state index contributed by atoms with van der Waals surface area (Å²) in [6.45, 7) is 5.87. The third-order valence-electron chi connectivity index (χ3n) is 4.40. The smallest absolute Gasteiger partial charge is 0.255 e. The molecule has 29 heavy (non-hydrogen) atoms. The Labute approximate surface area is 169 Å². The second kappa shape index (κ2) is 9.05. The van der Waals surface area contributed by atoms with Crippen molar-refractivity contribution in [1.29, 1.82) is 0 Å². The fourth-order valence-electron chi connectivity index (χ4n) is 3.02. The number of aromatic nitrogens is 2. The minimum Gasteiger partial charge on any atom is -0.493 e. The predicted molar refractivity (Wildman–Crippen MR) is 112 cm³/mol. The van der Waals surface area contributed by atoms with E-state index in [1.165, 1.54) is 0 Å². The zero-order chi connectivity index (χ0) is 20.8. The molecule has 0 aliphatic heterocycles. The molecule has 0 aliphatic rings. The van der Waals surface area contributed by atoms with E-state index in [2.05, 4.69) is 15.7 Å². The van der Waals surface area contributed by atoms with Gasteiger partial charge in [-0.25, -0.2) is 4.68 Å². The highest BCUT2D eigenvalue weighted by Crippen LogP contribution is 2.22. The number of amides is 2. The van der Waals surface area contributed by atoms with Crippen LogP contribution in [0.5, 0.6) is 5.75 Å². The molecular weight excluding hydrogens is 368 g/mol. The first-order chi connectivity index (χ1) is 14.0. The second-order valence-electron chi connectivity index (χ2n) is 6.45. The van der Waals surface area contributed by atoms with Crippen molar-refractivity contribution in [3.8, 4) is 11.4 Å². The molecule has 0 unspecified atom stereocenters. The molecule has 0 fully saturated rings. The highest BCUT2D eigenvalue weighted by molar-refractivity contribution is 6.01. The molecule has 2 N–H and O–H groups in total. The van der Waals surface area contributed by atoms with Crippen LogP contribution in [0.15, 0.2) is 54.6 Å². The number of para-hydroxylation sites is 2. The Kier molecular flexibility index (Phi) is 6.29. The van der Waals surface area contributed by atoms with Gasteiger partial charge in [0.15, 0.2) is 0 Å². The Morgan fingerprint density at radius 3 is 2.45 bits per heavy atom. The van der Waals surface area contributed by atoms with Crippen LogP contribution in [-0.4, -0.2) is 34.7 Å². The quantitative estimate of drug-likeness (QED) is 0.646. The summed E-state index contributed by atoms with van der Waals surface area (Å²) in [5, 5.41) is 9.99. The van der Waals surface area contributed by atoms with E-state index in [4.69, 9.17) is 4.74 Å². The van der Waals surface area contributed by atoms with Crippen LogP contribution >= 0.6 is 0 Å². The van der Waals surface area contributed by atoms with Crippen molar-refractivity contribution in [2.45, 2.75) is 20.8 Å². The Balaban J connectivity index is 1.66. The largest absolute Gasteiger partial charge is 0.493 e. The van der Waals surface area contributed by atoms with Crippen LogP contribution in [0.1, 0.15) is 28.7 Å². The summed E-state index contributed by atoms with van der Waals surface area (Å²) in [5.41, 5.74) is 3.46. The van der Waals surface area contributed by atoms with Crippen LogP contribution in [0.3, 0.4) is 0 Å². The first-order valence-electron chi connectivity index (χ1n) is 9.42. The van der Waals surface area contributed by atoms with Crippen molar-refractivity contribution < 1.29 is 14.3 Å². The number of hydrogen-bond donors (Lipinski definition) is 2. The van der Waals surface area contributed by atoms with Crippen LogP contribution in [0.2, 0.25) is 0 Å². The minimum atomic E-state index is -0.363. The Hall–Kier alpha value is -3.61. The van der Waals surface area contributed by atoms with Gasteiger partial charge < -0.3 is 15.4 Å². The summed E-state index contributed by atoms with van der Waals surface area (Å²) in [7, 11) is 0. The zero-order valence-corrected chi connectivity index (χ0v) is 16.7. The molecule has 7 heteroatoms. The number of nitrogens with zero attached hydrogens (tertiary/aromatic N) is 2. The topological polar surface area (TPSA) is 85.2 Å². The van der Waals surface area contributed by atoms with Crippen LogP contribution in [0.4, 0.5) is 5.69 Å². The lowest BCUT2D eigenvalue weighted by molar-refractivity contribution is -0.115. The number of carbonyl (C=O) groups excluding carboxylic acids is 2. The van der Waals surface area contributed by atoms with Crippen LogP contribution in [0.25, 0.3) is 5.69 Å². The standard InChI is InChI=1S/C22H24N4O3/c1-4-29-19-13-9-8-12-18(19)22(28)23-14-20(27)24-21-15(2)25-26(16(21)3)17-10-6-5-7-11-17/h5-13H,4,14H2,1-3H3,(H,23,28)(H,24,27). The van der Waals surface area contributed by atoms with Gasteiger partial charge in [0.05, 0.1) is 41.5 Å². The lowest BCUT2D eigenvalue weighted by Crippen LogP contribution is -2.33. The van der Waals surface area contributed by atoms with Gasteiger partial charge in [-0.1, -0.05) is 30.3 Å². The van der Waals surface area contributed by atoms with E-state index in [-0.39, 0.29) is 18.4 Å². The SMILES string of the molecule is CCOc1ccccc1C(=O)NCC(=O)Nc1c(C)nn(-c2ccccc2)c1C. The summed E-state index contributed by atoms with van der Waals surface area (Å²) in [6.07, 6.45) is 0. The molecule has 0 spiro atoms. The van der Waals surface area contributed by atoms with Gasteiger partial charge >= 0.3 is 0 Å². The van der Waals surface area contributed by atoms with Crippen molar-refractivity contribution in [2.75, 3.05) is 18.5 Å². The molecule has 3 rings (SSSR count). The number of aryl methyl sites for hydroxylation is 1. The number of benzene rings is 2. The molecule has 0 atom stereocenters. The second-order valence-corrected chi connectivity index (χ2v) is 6.45. The van der Waals surface area contributed by atoms with Crippen LogP contribution < -0.4 is 15.4 Å². The highest BCUT2D eigenvalue weighted by atomic mass is 16.5. The number of anilines is 1. The summed E-state index contributed by atoms with van der Waals surface area (Å²) in [4.78, 5) is 24.8. The molecule has 0 aliphatic carbocycles. The van der Waals surface area contributed by atoms with E-state index < -0.39 is 0 Å². The minimum absolute atomic E-state index is 0.158. The number of nitrogens with one attached hydrogen (secondary N) is 2. The molecule has 150 valence electrons. The van der Waals surface area contributed by atoms with Gasteiger partial charge in [-0.05, 0) is 45.0 Å². The van der Waals surface area contributed by atoms with E-state index in [1.54, 1.807) is 28.9 Å². The van der Waals surface area contributed by atoms with Gasteiger partial charge in [0.1, 0.15) is 5.75 Å². The molecule has 0 bridgehead atoms. The van der Waals surface area contributed by atoms with E-state index >= 15 is 0 Å². The highest BCUT2D eigenvalue weighted by Gasteiger charge is 2.17. The van der Waals surface area contributed by atoms with Gasteiger partial charge in [-0.3, -0.25) is 9.59 Å². The van der Waals surface area contributed by atoms with E-state index in [1.807, 2.05) is 51.1 Å². The molecule has 0 radical (unpaired) electrons. The fraction of sp³-hybridized carbons (Fsp3) is 0.227. The third-order valence-corrected chi connectivity index (χ3v) is 4.40. The maximum absolute atomic E-state index is 12.4. The number of carbonyl (C=O) groups is 2. The predicted octanol–water partition coefficient (Wildman–Crippen LogP) is 3.26. The number of ether oxygens (including phenoxy) is 1. The van der Waals surface area contributed by atoms with Crippen LogP contribution in [-0.2, 0) is 4.79 Å². The fourth-order valence-corrected chi connectivity index (χ4v) is 3.02. The number of rotatable bonds is 7. The van der Waals surface area contributed by atoms with Gasteiger partial charge in [0, 0.05) is 0 Å². The van der Waals surface area contributed by atoms with Crippen molar-refractivity contribution in [3.05, 3.63) is 71.5 Å². The molecule has 0 saturated carbocycles. The van der Waals surface area contributed by atoms with Crippen molar-refractivity contribution in [2.24, 2.45) is 0 Å². The average molecular weight is 392 g/mol. The monoisotopic (exact) mass is 392 g/mol. The third kappa shape index (κ3) is 4.63. The van der Waals surface area contributed by atoms with Gasteiger partial charge in [-0.2, -0.15) is 5.10 Å². The normalized spacial score (nSPS) is 10.4. The molecule has 3 aromatic rings. The molecule has 7 nitrogen and oxygen atoms in total. The van der Waals surface area contributed by atoms with E-state index in [0.29, 0.717) is 29.3 Å². The Bertz CT molecular complexity index is 1010. The molecular formula is C22H24N4O3. The summed E-state index contributed by atoms with van der Waals surface area (Å²) >= 11 is 0. The van der Waals surface area contributed by atoms with Crippen molar-refractivity contribution >= 4 is 17.5 Å². The van der Waals surface area contributed by atoms with Crippen LogP contribution in [0, 0.1) is 13.8 Å². The molecule has 2 amide bonds.